The molecule has 0 fully saturated rings. The number of imidazole rings is 1. The lowest BCUT2D eigenvalue weighted by molar-refractivity contribution is 0.0691. The van der Waals surface area contributed by atoms with Gasteiger partial charge in [0.05, 0.1) is 0 Å². The molecule has 0 unspecified atom stereocenters. The normalized spacial score (nSPS) is 10.7. The molecular weight excluding hydrogens is 288 g/mol. The number of aryl methyl sites for hydroxylation is 3. The van der Waals surface area contributed by atoms with Crippen LogP contribution in [-0.2, 0) is 0 Å². The summed E-state index contributed by atoms with van der Waals surface area (Å²) in [7, 11) is 0. The van der Waals surface area contributed by atoms with Crippen LogP contribution in [0.2, 0.25) is 0 Å². The largest absolute Gasteiger partial charge is 0.476 e. The van der Waals surface area contributed by atoms with Crippen LogP contribution in [0.15, 0.2) is 48.7 Å². The Morgan fingerprint density at radius 3 is 2.30 bits per heavy atom. The topological polar surface area (TPSA) is 55.1 Å². The van der Waals surface area contributed by atoms with E-state index in [9.17, 15) is 9.90 Å². The van der Waals surface area contributed by atoms with Crippen LogP contribution < -0.4 is 0 Å². The zero-order valence-electron chi connectivity index (χ0n) is 13.4. The van der Waals surface area contributed by atoms with E-state index in [1.54, 1.807) is 6.20 Å². The molecule has 0 aliphatic rings. The molecule has 0 saturated heterocycles. The van der Waals surface area contributed by atoms with Crippen molar-refractivity contribution < 1.29 is 9.90 Å². The fourth-order valence-electron chi connectivity index (χ4n) is 2.78. The quantitative estimate of drug-likeness (QED) is 0.790. The number of carbonyl (C=O) groups is 1. The molecule has 0 aliphatic carbocycles. The lowest BCUT2D eigenvalue weighted by Gasteiger charge is -2.11. The van der Waals surface area contributed by atoms with Gasteiger partial charge in [0.1, 0.15) is 5.82 Å². The first kappa shape index (κ1) is 15.0. The third kappa shape index (κ3) is 2.88. The predicted molar refractivity (Wildman–Crippen MR) is 90.2 cm³/mol. The van der Waals surface area contributed by atoms with Gasteiger partial charge in [0.15, 0.2) is 5.69 Å². The van der Waals surface area contributed by atoms with Gasteiger partial charge in [-0.05, 0) is 49.6 Å². The number of hydrogen-bond donors (Lipinski definition) is 1. The van der Waals surface area contributed by atoms with Gasteiger partial charge in [0.2, 0.25) is 0 Å². The summed E-state index contributed by atoms with van der Waals surface area (Å²) in [4.78, 5) is 15.7. The standard InChI is InChI=1S/C19H18N2O2/c1-12-8-13(2)10-15(9-12)21-11-17(19(22)23)20-18(21)16-7-5-4-6-14(16)3/h4-11H,1-3H3,(H,22,23). The summed E-state index contributed by atoms with van der Waals surface area (Å²) in [6, 6.07) is 14.0. The van der Waals surface area contributed by atoms with Crippen LogP contribution in [0.25, 0.3) is 17.1 Å². The van der Waals surface area contributed by atoms with Crippen molar-refractivity contribution >= 4 is 5.97 Å². The Hall–Kier alpha value is -2.88. The van der Waals surface area contributed by atoms with E-state index in [4.69, 9.17) is 0 Å². The molecule has 4 nitrogen and oxygen atoms in total. The van der Waals surface area contributed by atoms with Crippen LogP contribution in [0.3, 0.4) is 0 Å². The molecule has 116 valence electrons. The zero-order chi connectivity index (χ0) is 16.6. The summed E-state index contributed by atoms with van der Waals surface area (Å²) in [5.74, 6) is -0.381. The van der Waals surface area contributed by atoms with E-state index >= 15 is 0 Å². The highest BCUT2D eigenvalue weighted by atomic mass is 16.4. The van der Waals surface area contributed by atoms with Gasteiger partial charge >= 0.3 is 5.97 Å². The second-order valence-electron chi connectivity index (χ2n) is 5.79. The first-order chi connectivity index (χ1) is 11.0. The zero-order valence-corrected chi connectivity index (χ0v) is 13.4. The second kappa shape index (κ2) is 5.72. The highest BCUT2D eigenvalue weighted by molar-refractivity contribution is 5.86. The summed E-state index contributed by atoms with van der Waals surface area (Å²) >= 11 is 0. The average molecular weight is 306 g/mol. The van der Waals surface area contributed by atoms with E-state index in [0.717, 1.165) is 27.9 Å². The lowest BCUT2D eigenvalue weighted by Crippen LogP contribution is -1.98. The first-order valence-corrected chi connectivity index (χ1v) is 7.43. The number of carboxylic acids is 1. The molecule has 0 aliphatic heterocycles. The molecule has 1 heterocycles. The Morgan fingerprint density at radius 2 is 1.70 bits per heavy atom. The molecule has 0 bridgehead atoms. The van der Waals surface area contributed by atoms with E-state index in [0.29, 0.717) is 5.82 Å². The predicted octanol–water partition coefficient (Wildman–Crippen LogP) is 4.16. The number of rotatable bonds is 3. The third-order valence-corrected chi connectivity index (χ3v) is 3.80. The van der Waals surface area contributed by atoms with Crippen molar-refractivity contribution in [2.24, 2.45) is 0 Å². The molecule has 1 aromatic heterocycles. The van der Waals surface area contributed by atoms with Crippen molar-refractivity contribution in [1.82, 2.24) is 9.55 Å². The van der Waals surface area contributed by atoms with Crippen LogP contribution in [0, 0.1) is 20.8 Å². The summed E-state index contributed by atoms with van der Waals surface area (Å²) in [5, 5.41) is 9.32. The van der Waals surface area contributed by atoms with Crippen molar-refractivity contribution in [2.75, 3.05) is 0 Å². The molecule has 1 N–H and O–H groups in total. The maximum atomic E-state index is 11.4. The Kier molecular flexibility index (Phi) is 3.74. The molecule has 0 atom stereocenters. The maximum Gasteiger partial charge on any atom is 0.356 e. The molecule has 0 radical (unpaired) electrons. The molecule has 4 heteroatoms. The third-order valence-electron chi connectivity index (χ3n) is 3.80. The maximum absolute atomic E-state index is 11.4. The number of aromatic nitrogens is 2. The number of carboxylic acid groups (broad SMARTS) is 1. The molecule has 23 heavy (non-hydrogen) atoms. The van der Waals surface area contributed by atoms with Gasteiger partial charge in [0.25, 0.3) is 0 Å². The van der Waals surface area contributed by atoms with Crippen molar-refractivity contribution in [2.45, 2.75) is 20.8 Å². The van der Waals surface area contributed by atoms with E-state index in [2.05, 4.69) is 11.1 Å². The fraction of sp³-hybridized carbons (Fsp3) is 0.158. The van der Waals surface area contributed by atoms with Crippen molar-refractivity contribution in [3.05, 3.63) is 71.0 Å². The van der Waals surface area contributed by atoms with Crippen molar-refractivity contribution in [1.29, 1.82) is 0 Å². The first-order valence-electron chi connectivity index (χ1n) is 7.43. The minimum absolute atomic E-state index is 0.0439. The van der Waals surface area contributed by atoms with E-state index in [-0.39, 0.29) is 5.69 Å². The van der Waals surface area contributed by atoms with Crippen LogP contribution in [-0.4, -0.2) is 20.6 Å². The Labute approximate surface area is 135 Å². The highest BCUT2D eigenvalue weighted by Crippen LogP contribution is 2.26. The van der Waals surface area contributed by atoms with Crippen molar-refractivity contribution in [3.8, 4) is 17.1 Å². The Bertz CT molecular complexity index is 874. The van der Waals surface area contributed by atoms with Gasteiger partial charge in [-0.15, -0.1) is 0 Å². The summed E-state index contributed by atoms with van der Waals surface area (Å²) < 4.78 is 1.85. The van der Waals surface area contributed by atoms with E-state index in [1.807, 2.05) is 61.7 Å². The Morgan fingerprint density at radius 1 is 1.04 bits per heavy atom. The monoisotopic (exact) mass is 306 g/mol. The summed E-state index contributed by atoms with van der Waals surface area (Å²) in [6.45, 7) is 6.05. The fourth-order valence-corrected chi connectivity index (χ4v) is 2.78. The molecule has 3 rings (SSSR count). The number of benzene rings is 2. The van der Waals surface area contributed by atoms with Gasteiger partial charge in [-0.2, -0.15) is 0 Å². The highest BCUT2D eigenvalue weighted by Gasteiger charge is 2.17. The second-order valence-corrected chi connectivity index (χ2v) is 5.79. The number of aromatic carboxylic acids is 1. The van der Waals surface area contributed by atoms with Gasteiger partial charge in [-0.3, -0.25) is 4.57 Å². The van der Waals surface area contributed by atoms with Crippen LogP contribution in [0.1, 0.15) is 27.2 Å². The van der Waals surface area contributed by atoms with E-state index in [1.165, 1.54) is 0 Å². The minimum atomic E-state index is -1.03. The summed E-state index contributed by atoms with van der Waals surface area (Å²) in [6.07, 6.45) is 1.58. The molecule has 0 saturated carbocycles. The van der Waals surface area contributed by atoms with E-state index < -0.39 is 5.97 Å². The van der Waals surface area contributed by atoms with Crippen LogP contribution in [0.4, 0.5) is 0 Å². The van der Waals surface area contributed by atoms with Crippen molar-refractivity contribution in [3.63, 3.8) is 0 Å². The summed E-state index contributed by atoms with van der Waals surface area (Å²) in [5.41, 5.74) is 5.20. The van der Waals surface area contributed by atoms with Gasteiger partial charge in [0, 0.05) is 17.4 Å². The van der Waals surface area contributed by atoms with Crippen LogP contribution >= 0.6 is 0 Å². The SMILES string of the molecule is Cc1cc(C)cc(-n2cc(C(=O)O)nc2-c2ccccc2C)c1. The number of nitrogens with zero attached hydrogens (tertiary/aromatic N) is 2. The van der Waals surface area contributed by atoms with Gasteiger partial charge in [-0.25, -0.2) is 9.78 Å². The van der Waals surface area contributed by atoms with Gasteiger partial charge in [-0.1, -0.05) is 30.3 Å². The molecule has 2 aromatic carbocycles. The average Bonchev–Trinajstić information content (AvgIpc) is 2.92. The molecule has 0 amide bonds. The smallest absolute Gasteiger partial charge is 0.356 e. The molecule has 0 spiro atoms. The minimum Gasteiger partial charge on any atom is -0.476 e. The molecule has 3 aromatic rings. The van der Waals surface area contributed by atoms with Crippen LogP contribution in [0.5, 0.6) is 0 Å². The molecular formula is C19H18N2O2. The lowest BCUT2D eigenvalue weighted by atomic mass is 10.1. The number of hydrogen-bond acceptors (Lipinski definition) is 2. The van der Waals surface area contributed by atoms with Gasteiger partial charge < -0.3 is 5.11 Å². The Balaban J connectivity index is 2.27.